The number of methoxy groups -OCH3 is 1. The average molecular weight is 433 g/mol. The Labute approximate surface area is 151 Å². The lowest BCUT2D eigenvalue weighted by Crippen LogP contribution is -2.36. The summed E-state index contributed by atoms with van der Waals surface area (Å²) in [6.45, 7) is 7.37. The van der Waals surface area contributed by atoms with Gasteiger partial charge in [0.25, 0.3) is 0 Å². The topological polar surface area (TPSA) is 48.0 Å². The van der Waals surface area contributed by atoms with E-state index in [0.717, 1.165) is 11.3 Å². The average Bonchev–Trinajstić information content (AvgIpc) is 2.85. The van der Waals surface area contributed by atoms with Crippen LogP contribution in [0.5, 0.6) is 5.75 Å². The van der Waals surface area contributed by atoms with Crippen LogP contribution in [0.15, 0.2) is 24.3 Å². The van der Waals surface area contributed by atoms with E-state index in [2.05, 4.69) is 22.6 Å². The third-order valence-corrected chi connectivity index (χ3v) is 4.67. The molecular weight excluding hydrogens is 409 g/mol. The molecule has 6 heteroatoms. The molecule has 2 unspecified atom stereocenters. The highest BCUT2D eigenvalue weighted by Crippen LogP contribution is 2.24. The van der Waals surface area contributed by atoms with Crippen molar-refractivity contribution in [3.63, 3.8) is 0 Å². The number of benzene rings is 1. The van der Waals surface area contributed by atoms with Crippen molar-refractivity contribution in [2.75, 3.05) is 20.2 Å². The van der Waals surface area contributed by atoms with Crippen molar-refractivity contribution in [3.8, 4) is 5.75 Å². The second-order valence-electron chi connectivity index (χ2n) is 6.60. The number of ether oxygens (including phenoxy) is 3. The van der Waals surface area contributed by atoms with E-state index in [4.69, 9.17) is 14.2 Å². The van der Waals surface area contributed by atoms with E-state index in [1.54, 1.807) is 12.0 Å². The highest BCUT2D eigenvalue weighted by atomic mass is 127. The second kappa shape index (κ2) is 7.70. The number of carbonyl (C=O) groups excluding carboxylic acids is 1. The Morgan fingerprint density at radius 3 is 2.48 bits per heavy atom. The first-order valence-electron chi connectivity index (χ1n) is 7.65. The molecule has 1 aliphatic heterocycles. The number of likely N-dealkylation sites (tertiary alicyclic amines) is 1. The summed E-state index contributed by atoms with van der Waals surface area (Å²) in [7, 11) is 1.65. The number of hydrogen-bond donors (Lipinski definition) is 0. The zero-order valence-electron chi connectivity index (χ0n) is 14.0. The number of halogens is 1. The van der Waals surface area contributed by atoms with Crippen LogP contribution >= 0.6 is 22.6 Å². The fraction of sp³-hybridized carbons (Fsp3) is 0.588. The van der Waals surface area contributed by atoms with Crippen molar-refractivity contribution in [3.05, 3.63) is 29.8 Å². The molecule has 1 amide bonds. The second-order valence-corrected chi connectivity index (χ2v) is 8.20. The number of carbonyl (C=O) groups is 1. The van der Waals surface area contributed by atoms with E-state index in [-0.39, 0.29) is 16.1 Å². The van der Waals surface area contributed by atoms with Gasteiger partial charge >= 0.3 is 6.09 Å². The summed E-state index contributed by atoms with van der Waals surface area (Å²) in [6.07, 6.45) is -0.250. The third kappa shape index (κ3) is 5.53. The summed E-state index contributed by atoms with van der Waals surface area (Å²) in [6, 6.07) is 7.81. The Morgan fingerprint density at radius 2 is 1.91 bits per heavy atom. The SMILES string of the molecule is COc1ccc(COC2CN(C(=O)OC(C)(C)C)CC2I)cc1. The van der Waals surface area contributed by atoms with Gasteiger partial charge in [0, 0.05) is 6.54 Å². The minimum atomic E-state index is -0.472. The van der Waals surface area contributed by atoms with Crippen LogP contribution in [-0.4, -0.2) is 46.8 Å². The first kappa shape index (κ1) is 18.3. The van der Waals surface area contributed by atoms with Crippen LogP contribution in [0.1, 0.15) is 26.3 Å². The van der Waals surface area contributed by atoms with Gasteiger partial charge in [-0.1, -0.05) is 34.7 Å². The first-order valence-corrected chi connectivity index (χ1v) is 8.89. The summed E-state index contributed by atoms with van der Waals surface area (Å²) in [5, 5.41) is 0. The van der Waals surface area contributed by atoms with Gasteiger partial charge in [0.05, 0.1) is 30.3 Å². The zero-order valence-corrected chi connectivity index (χ0v) is 16.2. The number of nitrogens with zero attached hydrogens (tertiary/aromatic N) is 1. The van der Waals surface area contributed by atoms with Crippen molar-refractivity contribution in [2.45, 2.75) is 43.0 Å². The molecule has 0 bridgehead atoms. The van der Waals surface area contributed by atoms with Crippen molar-refractivity contribution < 1.29 is 19.0 Å². The van der Waals surface area contributed by atoms with Crippen LogP contribution in [0, 0.1) is 0 Å². The minimum Gasteiger partial charge on any atom is -0.497 e. The molecule has 0 radical (unpaired) electrons. The number of hydrogen-bond acceptors (Lipinski definition) is 4. The van der Waals surface area contributed by atoms with Gasteiger partial charge < -0.3 is 19.1 Å². The number of alkyl halides is 1. The first-order chi connectivity index (χ1) is 10.8. The molecule has 0 N–H and O–H groups in total. The molecule has 128 valence electrons. The van der Waals surface area contributed by atoms with E-state index in [0.29, 0.717) is 19.7 Å². The van der Waals surface area contributed by atoms with Gasteiger partial charge in [0.1, 0.15) is 11.4 Å². The summed E-state index contributed by atoms with van der Waals surface area (Å²) in [4.78, 5) is 13.9. The van der Waals surface area contributed by atoms with Crippen molar-refractivity contribution >= 4 is 28.7 Å². The molecule has 2 rings (SSSR count). The molecular formula is C17H24INO4. The van der Waals surface area contributed by atoms with E-state index in [1.165, 1.54) is 0 Å². The molecule has 1 saturated heterocycles. The highest BCUT2D eigenvalue weighted by Gasteiger charge is 2.36. The van der Waals surface area contributed by atoms with Gasteiger partial charge in [-0.25, -0.2) is 4.79 Å². The maximum Gasteiger partial charge on any atom is 0.410 e. The molecule has 23 heavy (non-hydrogen) atoms. The Hall–Kier alpha value is -1.02. The van der Waals surface area contributed by atoms with Crippen LogP contribution < -0.4 is 4.74 Å². The van der Waals surface area contributed by atoms with Gasteiger partial charge in [-0.3, -0.25) is 0 Å². The molecule has 1 aliphatic rings. The molecule has 1 aromatic rings. The predicted molar refractivity (Wildman–Crippen MR) is 97.2 cm³/mol. The van der Waals surface area contributed by atoms with E-state index in [1.807, 2.05) is 45.0 Å². The quantitative estimate of drug-likeness (QED) is 0.538. The lowest BCUT2D eigenvalue weighted by molar-refractivity contribution is 0.0190. The molecule has 5 nitrogen and oxygen atoms in total. The van der Waals surface area contributed by atoms with E-state index < -0.39 is 5.60 Å². The monoisotopic (exact) mass is 433 g/mol. The summed E-state index contributed by atoms with van der Waals surface area (Å²) in [5.41, 5.74) is 0.616. The van der Waals surface area contributed by atoms with Crippen molar-refractivity contribution in [2.24, 2.45) is 0 Å². The van der Waals surface area contributed by atoms with Crippen LogP contribution in [0.25, 0.3) is 0 Å². The Kier molecular flexibility index (Phi) is 6.13. The van der Waals surface area contributed by atoms with Crippen LogP contribution in [0.4, 0.5) is 4.79 Å². The molecule has 0 saturated carbocycles. The Morgan fingerprint density at radius 1 is 1.26 bits per heavy atom. The smallest absolute Gasteiger partial charge is 0.410 e. The fourth-order valence-corrected chi connectivity index (χ4v) is 3.20. The normalized spacial score (nSPS) is 21.3. The minimum absolute atomic E-state index is 0.0187. The molecule has 1 aromatic carbocycles. The van der Waals surface area contributed by atoms with Gasteiger partial charge in [0.15, 0.2) is 0 Å². The molecule has 0 aromatic heterocycles. The molecule has 0 spiro atoms. The largest absolute Gasteiger partial charge is 0.497 e. The van der Waals surface area contributed by atoms with Gasteiger partial charge in [-0.15, -0.1) is 0 Å². The lowest BCUT2D eigenvalue weighted by atomic mass is 10.2. The van der Waals surface area contributed by atoms with Gasteiger partial charge in [0.2, 0.25) is 0 Å². The third-order valence-electron chi connectivity index (χ3n) is 3.47. The van der Waals surface area contributed by atoms with Crippen molar-refractivity contribution in [1.29, 1.82) is 0 Å². The standard InChI is InChI=1S/C17H24INO4/c1-17(2,3)23-16(20)19-9-14(18)15(10-19)22-11-12-5-7-13(21-4)8-6-12/h5-8,14-15H,9-11H2,1-4H3. The summed E-state index contributed by atoms with van der Waals surface area (Å²) < 4.78 is 16.8. The maximum absolute atomic E-state index is 12.1. The van der Waals surface area contributed by atoms with Crippen LogP contribution in [-0.2, 0) is 16.1 Å². The van der Waals surface area contributed by atoms with E-state index in [9.17, 15) is 4.79 Å². The van der Waals surface area contributed by atoms with Gasteiger partial charge in [-0.05, 0) is 38.5 Å². The van der Waals surface area contributed by atoms with Crippen molar-refractivity contribution in [1.82, 2.24) is 4.90 Å². The molecule has 0 aliphatic carbocycles. The summed E-state index contributed by atoms with van der Waals surface area (Å²) in [5.74, 6) is 0.831. The summed E-state index contributed by atoms with van der Waals surface area (Å²) >= 11 is 2.34. The zero-order chi connectivity index (χ0) is 17.0. The highest BCUT2D eigenvalue weighted by molar-refractivity contribution is 14.1. The molecule has 1 heterocycles. The predicted octanol–water partition coefficient (Wildman–Crippen LogP) is 3.63. The van der Waals surface area contributed by atoms with Gasteiger partial charge in [-0.2, -0.15) is 0 Å². The Balaban J connectivity index is 1.85. The number of amides is 1. The number of rotatable bonds is 4. The lowest BCUT2D eigenvalue weighted by Gasteiger charge is -2.24. The van der Waals surface area contributed by atoms with E-state index >= 15 is 0 Å². The maximum atomic E-state index is 12.1. The molecule has 1 fully saturated rings. The van der Waals surface area contributed by atoms with Crippen LogP contribution in [0.2, 0.25) is 0 Å². The molecule has 2 atom stereocenters. The Bertz CT molecular complexity index is 526. The van der Waals surface area contributed by atoms with Crippen LogP contribution in [0.3, 0.4) is 0 Å². The fourth-order valence-electron chi connectivity index (χ4n) is 2.29.